The zero-order chi connectivity index (χ0) is 20.8. The van der Waals surface area contributed by atoms with Gasteiger partial charge in [-0.25, -0.2) is 8.78 Å². The second-order valence-electron chi connectivity index (χ2n) is 6.71. The van der Waals surface area contributed by atoms with Gasteiger partial charge in [-0.05, 0) is 35.9 Å². The molecule has 2 aromatic rings. The van der Waals surface area contributed by atoms with E-state index in [4.69, 9.17) is 9.47 Å². The normalized spacial score (nSPS) is 14.7. The molecule has 156 valence electrons. The van der Waals surface area contributed by atoms with E-state index in [-0.39, 0.29) is 16.6 Å². The number of carbonyl (C=O) groups is 1. The van der Waals surface area contributed by atoms with E-state index in [1.54, 1.807) is 19.1 Å². The SMILES string of the molecule is COc1ccc(CN2CCN(C(=O)CSc3cc(F)ccc3F)CC2)cc1OC. The van der Waals surface area contributed by atoms with Gasteiger partial charge in [0, 0.05) is 37.6 Å². The van der Waals surface area contributed by atoms with E-state index in [0.29, 0.717) is 24.6 Å². The standard InChI is InChI=1S/C21H24F2N2O3S/c1-27-18-6-3-15(11-19(18)28-2)13-24-7-9-25(10-8-24)21(26)14-29-20-12-16(22)4-5-17(20)23/h3-6,11-12H,7-10,13-14H2,1-2H3. The summed E-state index contributed by atoms with van der Waals surface area (Å²) in [6.07, 6.45) is 0. The molecule has 1 saturated heterocycles. The van der Waals surface area contributed by atoms with E-state index < -0.39 is 11.6 Å². The van der Waals surface area contributed by atoms with E-state index in [0.717, 1.165) is 55.2 Å². The number of halogens is 2. The van der Waals surface area contributed by atoms with Gasteiger partial charge in [0.1, 0.15) is 11.6 Å². The number of hydrogen-bond acceptors (Lipinski definition) is 5. The monoisotopic (exact) mass is 422 g/mol. The van der Waals surface area contributed by atoms with Gasteiger partial charge in [-0.15, -0.1) is 11.8 Å². The first kappa shape index (κ1) is 21.4. The summed E-state index contributed by atoms with van der Waals surface area (Å²) in [5.74, 6) is 0.397. The summed E-state index contributed by atoms with van der Waals surface area (Å²) in [5, 5.41) is 0. The van der Waals surface area contributed by atoms with Crippen LogP contribution in [0.1, 0.15) is 5.56 Å². The first-order chi connectivity index (χ1) is 14.0. The quantitative estimate of drug-likeness (QED) is 0.640. The first-order valence-electron chi connectivity index (χ1n) is 9.29. The second kappa shape index (κ2) is 9.93. The van der Waals surface area contributed by atoms with Crippen LogP contribution in [-0.4, -0.2) is 61.9 Å². The highest BCUT2D eigenvalue weighted by Gasteiger charge is 2.22. The average Bonchev–Trinajstić information content (AvgIpc) is 2.74. The molecule has 1 fully saturated rings. The molecule has 5 nitrogen and oxygen atoms in total. The first-order valence-corrected chi connectivity index (χ1v) is 10.3. The van der Waals surface area contributed by atoms with Crippen molar-refractivity contribution < 1.29 is 23.0 Å². The van der Waals surface area contributed by atoms with Gasteiger partial charge in [-0.2, -0.15) is 0 Å². The highest BCUT2D eigenvalue weighted by Crippen LogP contribution is 2.28. The molecule has 3 rings (SSSR count). The molecule has 1 aliphatic rings. The number of methoxy groups -OCH3 is 2. The molecule has 0 radical (unpaired) electrons. The number of thioether (sulfide) groups is 1. The number of benzene rings is 2. The molecule has 0 aliphatic carbocycles. The zero-order valence-corrected chi connectivity index (χ0v) is 17.3. The van der Waals surface area contributed by atoms with Crippen molar-refractivity contribution >= 4 is 17.7 Å². The second-order valence-corrected chi connectivity index (χ2v) is 7.73. The number of piperazine rings is 1. The lowest BCUT2D eigenvalue weighted by atomic mass is 10.1. The predicted molar refractivity (Wildman–Crippen MR) is 108 cm³/mol. The molecule has 2 aromatic carbocycles. The van der Waals surface area contributed by atoms with Crippen molar-refractivity contribution in [2.75, 3.05) is 46.2 Å². The third-order valence-electron chi connectivity index (χ3n) is 4.82. The molecule has 0 bridgehead atoms. The van der Waals surface area contributed by atoms with Crippen LogP contribution in [0, 0.1) is 11.6 Å². The molecular formula is C21H24F2N2O3S. The minimum Gasteiger partial charge on any atom is -0.493 e. The molecule has 8 heteroatoms. The molecule has 0 aromatic heterocycles. The number of hydrogen-bond donors (Lipinski definition) is 0. The Morgan fingerprint density at radius 2 is 1.72 bits per heavy atom. The Labute approximate surface area is 173 Å². The molecule has 0 saturated carbocycles. The van der Waals surface area contributed by atoms with Crippen molar-refractivity contribution in [1.82, 2.24) is 9.80 Å². The van der Waals surface area contributed by atoms with Crippen molar-refractivity contribution in [3.05, 3.63) is 53.6 Å². The maximum Gasteiger partial charge on any atom is 0.233 e. The van der Waals surface area contributed by atoms with Crippen LogP contribution in [0.2, 0.25) is 0 Å². The maximum absolute atomic E-state index is 13.7. The average molecular weight is 422 g/mol. The molecule has 0 unspecified atom stereocenters. The zero-order valence-electron chi connectivity index (χ0n) is 16.5. The molecule has 1 amide bonds. The Balaban J connectivity index is 1.48. The number of rotatable bonds is 7. The Hall–Kier alpha value is -2.32. The van der Waals surface area contributed by atoms with Crippen molar-refractivity contribution in [2.45, 2.75) is 11.4 Å². The van der Waals surface area contributed by atoms with Gasteiger partial charge < -0.3 is 14.4 Å². The van der Waals surface area contributed by atoms with Gasteiger partial charge >= 0.3 is 0 Å². The van der Waals surface area contributed by atoms with Gasteiger partial charge in [0.15, 0.2) is 11.5 Å². The van der Waals surface area contributed by atoms with Crippen molar-refractivity contribution in [3.63, 3.8) is 0 Å². The number of ether oxygens (including phenoxy) is 2. The molecule has 1 aliphatic heterocycles. The lowest BCUT2D eigenvalue weighted by Gasteiger charge is -2.34. The predicted octanol–water partition coefficient (Wildman–Crippen LogP) is 3.42. The molecule has 0 N–H and O–H groups in total. The third kappa shape index (κ3) is 5.61. The topological polar surface area (TPSA) is 42.0 Å². The van der Waals surface area contributed by atoms with Crippen LogP contribution in [0.5, 0.6) is 11.5 Å². The third-order valence-corrected chi connectivity index (χ3v) is 5.84. The fraction of sp³-hybridized carbons (Fsp3) is 0.381. The van der Waals surface area contributed by atoms with E-state index >= 15 is 0 Å². The van der Waals surface area contributed by atoms with Crippen LogP contribution in [0.3, 0.4) is 0 Å². The summed E-state index contributed by atoms with van der Waals surface area (Å²) in [6.45, 7) is 3.47. The lowest BCUT2D eigenvalue weighted by molar-refractivity contribution is -0.130. The Bertz CT molecular complexity index is 858. The van der Waals surface area contributed by atoms with Crippen molar-refractivity contribution in [2.24, 2.45) is 0 Å². The highest BCUT2D eigenvalue weighted by atomic mass is 32.2. The lowest BCUT2D eigenvalue weighted by Crippen LogP contribution is -2.48. The van der Waals surface area contributed by atoms with E-state index in [1.165, 1.54) is 0 Å². The van der Waals surface area contributed by atoms with E-state index in [1.807, 2.05) is 18.2 Å². The summed E-state index contributed by atoms with van der Waals surface area (Å²) in [5.41, 5.74) is 1.11. The minimum atomic E-state index is -0.510. The van der Waals surface area contributed by atoms with Gasteiger partial charge in [0.05, 0.1) is 20.0 Å². The Morgan fingerprint density at radius 1 is 1.00 bits per heavy atom. The number of amides is 1. The molecule has 29 heavy (non-hydrogen) atoms. The molecule has 1 heterocycles. The van der Waals surface area contributed by atoms with Gasteiger partial charge in [-0.1, -0.05) is 6.07 Å². The summed E-state index contributed by atoms with van der Waals surface area (Å²) in [4.78, 5) is 16.6. The van der Waals surface area contributed by atoms with Crippen LogP contribution in [0.25, 0.3) is 0 Å². The fourth-order valence-corrected chi connectivity index (χ4v) is 4.07. The van der Waals surface area contributed by atoms with Crippen LogP contribution in [-0.2, 0) is 11.3 Å². The van der Waals surface area contributed by atoms with Gasteiger partial charge in [-0.3, -0.25) is 9.69 Å². The van der Waals surface area contributed by atoms with Gasteiger partial charge in [0.2, 0.25) is 5.91 Å². The number of nitrogens with zero attached hydrogens (tertiary/aromatic N) is 2. The minimum absolute atomic E-state index is 0.0653. The van der Waals surface area contributed by atoms with Crippen molar-refractivity contribution in [1.29, 1.82) is 0 Å². The van der Waals surface area contributed by atoms with Crippen LogP contribution in [0.4, 0.5) is 8.78 Å². The van der Waals surface area contributed by atoms with Crippen molar-refractivity contribution in [3.8, 4) is 11.5 Å². The van der Waals surface area contributed by atoms with Gasteiger partial charge in [0.25, 0.3) is 0 Å². The fourth-order valence-electron chi connectivity index (χ4n) is 3.21. The maximum atomic E-state index is 13.7. The highest BCUT2D eigenvalue weighted by molar-refractivity contribution is 8.00. The Morgan fingerprint density at radius 3 is 2.41 bits per heavy atom. The largest absolute Gasteiger partial charge is 0.493 e. The molecule has 0 spiro atoms. The summed E-state index contributed by atoms with van der Waals surface area (Å²) >= 11 is 1.03. The van der Waals surface area contributed by atoms with Crippen LogP contribution >= 0.6 is 11.8 Å². The Kier molecular flexibility index (Phi) is 7.33. The summed E-state index contributed by atoms with van der Waals surface area (Å²) in [6, 6.07) is 9.11. The molecule has 0 atom stereocenters. The molecular weight excluding hydrogens is 398 g/mol. The van der Waals surface area contributed by atoms with E-state index in [9.17, 15) is 13.6 Å². The van der Waals surface area contributed by atoms with Crippen LogP contribution < -0.4 is 9.47 Å². The smallest absolute Gasteiger partial charge is 0.233 e. The summed E-state index contributed by atoms with van der Waals surface area (Å²) in [7, 11) is 3.22. The number of carbonyl (C=O) groups excluding carboxylic acids is 1. The van der Waals surface area contributed by atoms with Crippen LogP contribution in [0.15, 0.2) is 41.3 Å². The van der Waals surface area contributed by atoms with E-state index in [2.05, 4.69) is 4.90 Å². The summed E-state index contributed by atoms with van der Waals surface area (Å²) < 4.78 is 37.5.